The van der Waals surface area contributed by atoms with Crippen molar-refractivity contribution in [1.29, 1.82) is 0 Å². The lowest BCUT2D eigenvalue weighted by Gasteiger charge is -2.24. The fourth-order valence-electron chi connectivity index (χ4n) is 6.60. The lowest BCUT2D eigenvalue weighted by atomic mass is 10.1. The normalized spacial score (nSPS) is 11.9. The fraction of sp³-hybridized carbons (Fsp3) is 0.375. The Labute approximate surface area is 324 Å². The molecule has 0 aliphatic rings. The number of fused-ring (bicyclic) bond motifs is 4. The largest absolute Gasteiger partial charge is 0.494 e. The molecular weight excluding hydrogens is 717 g/mol. The predicted molar refractivity (Wildman–Crippen MR) is 215 cm³/mol. The number of rotatable bonds is 15. The summed E-state index contributed by atoms with van der Waals surface area (Å²) in [6.45, 7) is 11.5. The molecule has 2 aromatic carbocycles. The molecule has 0 aliphatic carbocycles. The van der Waals surface area contributed by atoms with Crippen molar-refractivity contribution in [2.75, 3.05) is 39.7 Å². The lowest BCUT2D eigenvalue weighted by molar-refractivity contribution is 0.0292. The Hall–Kier alpha value is -6.45. The van der Waals surface area contributed by atoms with E-state index in [2.05, 4.69) is 15.4 Å². The molecule has 6 aromatic rings. The van der Waals surface area contributed by atoms with E-state index in [1.807, 2.05) is 66.7 Å². The quantitative estimate of drug-likeness (QED) is 0.0712. The number of hydrogen-bond donors (Lipinski definition) is 2. The van der Waals surface area contributed by atoms with Crippen molar-refractivity contribution < 1.29 is 28.6 Å². The summed E-state index contributed by atoms with van der Waals surface area (Å²) >= 11 is 0. The van der Waals surface area contributed by atoms with Crippen LogP contribution < -0.4 is 20.5 Å². The Bertz CT molecular complexity index is 2470. The average Bonchev–Trinajstić information content (AvgIpc) is 3.83. The summed E-state index contributed by atoms with van der Waals surface area (Å²) in [7, 11) is 5.02. The Morgan fingerprint density at radius 1 is 1.00 bits per heavy atom. The van der Waals surface area contributed by atoms with Gasteiger partial charge in [0.25, 0.3) is 0 Å². The fourth-order valence-corrected chi connectivity index (χ4v) is 6.60. The lowest BCUT2D eigenvalue weighted by Crippen LogP contribution is -2.35. The Kier molecular flexibility index (Phi) is 11.3. The topological polar surface area (TPSA) is 187 Å². The van der Waals surface area contributed by atoms with Gasteiger partial charge in [-0.25, -0.2) is 19.7 Å². The number of aromatic nitrogens is 7. The number of nitrogens with one attached hydrogen (secondary N) is 1. The van der Waals surface area contributed by atoms with Crippen molar-refractivity contribution in [3.05, 3.63) is 65.5 Å². The second kappa shape index (κ2) is 16.1. The monoisotopic (exact) mass is 764 g/mol. The molecule has 0 saturated carbocycles. The molecule has 0 fully saturated rings. The number of aldehydes is 1. The number of amides is 2. The molecule has 56 heavy (non-hydrogen) atoms. The molecule has 6 rings (SSSR count). The van der Waals surface area contributed by atoms with Gasteiger partial charge in [-0.2, -0.15) is 5.10 Å². The number of anilines is 1. The van der Waals surface area contributed by atoms with Crippen LogP contribution >= 0.6 is 0 Å². The Morgan fingerprint density at radius 2 is 1.75 bits per heavy atom. The van der Waals surface area contributed by atoms with Crippen molar-refractivity contribution in [2.45, 2.75) is 66.3 Å². The molecule has 16 heteroatoms. The maximum atomic E-state index is 12.6. The van der Waals surface area contributed by atoms with E-state index in [0.717, 1.165) is 23.2 Å². The third-order valence-corrected chi connectivity index (χ3v) is 9.13. The van der Waals surface area contributed by atoms with Gasteiger partial charge in [0.15, 0.2) is 5.82 Å². The summed E-state index contributed by atoms with van der Waals surface area (Å²) in [6.07, 6.45) is 6.61. The molecule has 2 amide bonds. The Balaban J connectivity index is 1.41. The number of aryl methyl sites for hydroxylation is 2. The van der Waals surface area contributed by atoms with E-state index >= 15 is 0 Å². The first kappa shape index (κ1) is 39.2. The molecule has 0 aliphatic heterocycles. The summed E-state index contributed by atoms with van der Waals surface area (Å²) in [5.41, 5.74) is 10.3. The zero-order valence-corrected chi connectivity index (χ0v) is 33.0. The number of primary amides is 1. The van der Waals surface area contributed by atoms with Crippen LogP contribution in [0.2, 0.25) is 0 Å². The summed E-state index contributed by atoms with van der Waals surface area (Å²) < 4.78 is 23.4. The zero-order valence-electron chi connectivity index (χ0n) is 33.0. The first-order chi connectivity index (χ1) is 26.8. The Morgan fingerprint density at radius 3 is 2.41 bits per heavy atom. The van der Waals surface area contributed by atoms with Crippen molar-refractivity contribution in [3.8, 4) is 23.0 Å². The third-order valence-electron chi connectivity index (χ3n) is 9.13. The number of carbonyl (C=O) groups is 3. The summed E-state index contributed by atoms with van der Waals surface area (Å²) in [6, 6.07) is 8.75. The molecular formula is C40H48N10O6. The highest BCUT2D eigenvalue weighted by Crippen LogP contribution is 2.37. The number of nitrogens with zero attached hydrogens (tertiary/aromatic N) is 8. The molecule has 0 atom stereocenters. The van der Waals surface area contributed by atoms with E-state index in [0.29, 0.717) is 88.9 Å². The molecule has 0 spiro atoms. The van der Waals surface area contributed by atoms with Gasteiger partial charge in [-0.3, -0.25) is 14.3 Å². The highest BCUT2D eigenvalue weighted by Gasteiger charge is 2.23. The molecule has 16 nitrogen and oxygen atoms in total. The predicted octanol–water partition coefficient (Wildman–Crippen LogP) is 5.98. The molecule has 0 saturated heterocycles. The van der Waals surface area contributed by atoms with Crippen molar-refractivity contribution >= 4 is 57.2 Å². The van der Waals surface area contributed by atoms with Crippen LogP contribution in [0.4, 0.5) is 10.7 Å². The van der Waals surface area contributed by atoms with Crippen LogP contribution in [0.15, 0.2) is 48.7 Å². The van der Waals surface area contributed by atoms with Crippen LogP contribution in [-0.2, 0) is 24.4 Å². The molecule has 4 aromatic heterocycles. The van der Waals surface area contributed by atoms with E-state index in [1.54, 1.807) is 51.7 Å². The number of ether oxygens (including phenoxy) is 3. The second-order valence-corrected chi connectivity index (χ2v) is 14.3. The minimum Gasteiger partial charge on any atom is -0.494 e. The van der Waals surface area contributed by atoms with Gasteiger partial charge < -0.3 is 39.3 Å². The van der Waals surface area contributed by atoms with Crippen LogP contribution in [0.1, 0.15) is 60.5 Å². The van der Waals surface area contributed by atoms with Gasteiger partial charge in [0.1, 0.15) is 40.2 Å². The van der Waals surface area contributed by atoms with Crippen LogP contribution in [0.5, 0.6) is 11.5 Å². The number of methoxy groups -OCH3 is 1. The highest BCUT2D eigenvalue weighted by atomic mass is 16.6. The first-order valence-electron chi connectivity index (χ1n) is 18.4. The first-order valence-corrected chi connectivity index (χ1v) is 18.4. The van der Waals surface area contributed by atoms with Gasteiger partial charge in [0.05, 0.1) is 30.4 Å². The van der Waals surface area contributed by atoms with E-state index in [1.165, 1.54) is 4.90 Å². The maximum absolute atomic E-state index is 12.6. The van der Waals surface area contributed by atoms with Gasteiger partial charge in [0, 0.05) is 68.4 Å². The van der Waals surface area contributed by atoms with Crippen molar-refractivity contribution in [3.63, 3.8) is 0 Å². The highest BCUT2D eigenvalue weighted by molar-refractivity contribution is 6.11. The molecule has 0 bridgehead atoms. The van der Waals surface area contributed by atoms with E-state index in [-0.39, 0.29) is 12.2 Å². The number of imidazole rings is 1. The maximum Gasteiger partial charge on any atom is 0.410 e. The average molecular weight is 765 g/mol. The molecule has 294 valence electrons. The molecule has 3 N–H and O–H groups in total. The van der Waals surface area contributed by atoms with Crippen molar-refractivity contribution in [2.24, 2.45) is 5.73 Å². The van der Waals surface area contributed by atoms with Gasteiger partial charge in [0.2, 0.25) is 11.9 Å². The molecule has 4 heterocycles. The molecule has 0 unspecified atom stereocenters. The number of nitrogens with two attached hydrogens (primary N) is 1. The van der Waals surface area contributed by atoms with E-state index < -0.39 is 17.6 Å². The van der Waals surface area contributed by atoms with Crippen LogP contribution in [0.3, 0.4) is 0 Å². The van der Waals surface area contributed by atoms with Gasteiger partial charge in [-0.05, 0) is 71.4 Å². The van der Waals surface area contributed by atoms with Crippen LogP contribution in [0.25, 0.3) is 44.5 Å². The molecule has 0 radical (unpaired) electrons. The van der Waals surface area contributed by atoms with E-state index in [9.17, 15) is 14.4 Å². The van der Waals surface area contributed by atoms with Gasteiger partial charge >= 0.3 is 6.09 Å². The standard InChI is InChI=1S/C40H48N10O6/c1-9-50-30(17-24(2)46-50)36-43-22-28-27-20-26(35(41)52)21-32(55-16-12-13-47(7)39(53)56-40(3,4)5)33(27)48(37(28)45-36)14-10-11-15-49-34-29(44-38(49)42-6)18-25(23-51)19-31(34)54-8/h10-11,17-23H,9,12-16H2,1-8H3,(H2,41,52)(H,42,44)/b11-10+. The van der Waals surface area contributed by atoms with Gasteiger partial charge in [-0.15, -0.1) is 0 Å². The number of carbonyl (C=O) groups excluding carboxylic acids is 3. The summed E-state index contributed by atoms with van der Waals surface area (Å²) in [5.74, 6) is 1.47. The minimum absolute atomic E-state index is 0.238. The van der Waals surface area contributed by atoms with Crippen molar-refractivity contribution in [1.82, 2.24) is 38.8 Å². The second-order valence-electron chi connectivity index (χ2n) is 14.3. The zero-order chi connectivity index (χ0) is 40.3. The third kappa shape index (κ3) is 7.99. The number of benzene rings is 2. The smallest absolute Gasteiger partial charge is 0.410 e. The van der Waals surface area contributed by atoms with Gasteiger partial charge in [-0.1, -0.05) is 12.2 Å². The summed E-state index contributed by atoms with van der Waals surface area (Å²) in [5, 5.41) is 9.15. The van der Waals surface area contributed by atoms with Crippen LogP contribution in [-0.4, -0.2) is 97.0 Å². The SMILES string of the molecule is CCn1nc(C)cc1-c1ncc2c3cc(C(N)=O)cc(OCCCN(C)C(=O)OC(C)(C)C)c3n(C/C=C/Cn3c(NC)nc4cc(C=O)cc(OC)c43)c2n1. The van der Waals surface area contributed by atoms with E-state index in [4.69, 9.17) is 29.9 Å². The number of hydrogen-bond acceptors (Lipinski definition) is 11. The van der Waals surface area contributed by atoms with Crippen LogP contribution in [0, 0.1) is 6.92 Å². The number of allylic oxidation sites excluding steroid dienone is 2. The summed E-state index contributed by atoms with van der Waals surface area (Å²) in [4.78, 5) is 52.8. The minimum atomic E-state index is -0.613.